The molecule has 17 nitrogen and oxygen atoms in total. The molecule has 0 aliphatic rings. The van der Waals surface area contributed by atoms with Gasteiger partial charge in [0.05, 0.1) is 18.9 Å². The molecule has 0 spiro atoms. The Balaban J connectivity index is 2.69. The molecular formula is C20H36N12O5. The van der Waals surface area contributed by atoms with E-state index in [1.807, 2.05) is 0 Å². The average Bonchev–Trinajstić information content (AvgIpc) is 3.34. The number of carbonyl (C=O) groups excluding carboxylic acids is 3. The lowest BCUT2D eigenvalue weighted by Crippen LogP contribution is -2.54. The lowest BCUT2D eigenvalue weighted by atomic mass is 10.1. The number of carboxylic acid groups (broad SMARTS) is 1. The highest BCUT2D eigenvalue weighted by atomic mass is 16.4. The second kappa shape index (κ2) is 16.3. The van der Waals surface area contributed by atoms with E-state index in [0.29, 0.717) is 25.1 Å². The number of nitrogens with one attached hydrogen (secondary N) is 4. The SMILES string of the molecule is NC(N)=NCCC[C@H](NC(=O)[C@H](Cc1cnc[nH]1)NC(=O)CNC(=O)[C@@H](N)CCCN=C(N)N)C(=O)O. The van der Waals surface area contributed by atoms with Crippen LogP contribution in [0.25, 0.3) is 0 Å². The first kappa shape index (κ1) is 30.6. The number of hydrogen-bond acceptors (Lipinski definition) is 8. The molecule has 0 fully saturated rings. The first-order chi connectivity index (χ1) is 17.5. The Kier molecular flexibility index (Phi) is 13.5. The summed E-state index contributed by atoms with van der Waals surface area (Å²) in [5.41, 5.74) is 27.3. The molecule has 1 rings (SSSR count). The van der Waals surface area contributed by atoms with E-state index < -0.39 is 48.4 Å². The molecule has 0 saturated carbocycles. The van der Waals surface area contributed by atoms with Gasteiger partial charge in [-0.15, -0.1) is 0 Å². The highest BCUT2D eigenvalue weighted by molar-refractivity contribution is 5.92. The molecule has 0 saturated heterocycles. The molecule has 0 aliphatic carbocycles. The van der Waals surface area contributed by atoms with Crippen LogP contribution in [0.4, 0.5) is 0 Å². The van der Waals surface area contributed by atoms with E-state index in [1.54, 1.807) is 0 Å². The minimum atomic E-state index is -1.26. The molecule has 3 atom stereocenters. The summed E-state index contributed by atoms with van der Waals surface area (Å²) in [5.74, 6) is -3.44. The molecule has 0 aromatic carbocycles. The Morgan fingerprint density at radius 1 is 0.946 bits per heavy atom. The fraction of sp³-hybridized carbons (Fsp3) is 0.550. The van der Waals surface area contributed by atoms with Crippen molar-refractivity contribution < 1.29 is 24.3 Å². The van der Waals surface area contributed by atoms with Crippen molar-refractivity contribution in [1.29, 1.82) is 0 Å². The molecule has 1 heterocycles. The fourth-order valence-electron chi connectivity index (χ4n) is 3.05. The zero-order valence-corrected chi connectivity index (χ0v) is 20.4. The summed E-state index contributed by atoms with van der Waals surface area (Å²) in [6, 6.07) is -3.28. The van der Waals surface area contributed by atoms with Gasteiger partial charge in [0, 0.05) is 31.4 Å². The van der Waals surface area contributed by atoms with Gasteiger partial charge in [0.1, 0.15) is 12.1 Å². The van der Waals surface area contributed by atoms with Crippen molar-refractivity contribution in [3.05, 3.63) is 18.2 Å². The normalized spacial score (nSPS) is 12.9. The van der Waals surface area contributed by atoms with E-state index >= 15 is 0 Å². The number of nitrogens with zero attached hydrogens (tertiary/aromatic N) is 3. The number of guanidine groups is 2. The third kappa shape index (κ3) is 13.3. The number of imidazole rings is 1. The molecule has 0 radical (unpaired) electrons. The van der Waals surface area contributed by atoms with Crippen LogP contribution in [-0.2, 0) is 25.6 Å². The topological polar surface area (TPSA) is 308 Å². The lowest BCUT2D eigenvalue weighted by Gasteiger charge is -2.21. The summed E-state index contributed by atoms with van der Waals surface area (Å²) in [6.07, 6.45) is 3.95. The van der Waals surface area contributed by atoms with Gasteiger partial charge in [0.15, 0.2) is 11.9 Å². The number of aliphatic carboxylic acids is 1. The summed E-state index contributed by atoms with van der Waals surface area (Å²) >= 11 is 0. The van der Waals surface area contributed by atoms with Crippen molar-refractivity contribution >= 4 is 35.6 Å². The maximum absolute atomic E-state index is 12.9. The van der Waals surface area contributed by atoms with Crippen molar-refractivity contribution in [2.45, 2.75) is 50.2 Å². The van der Waals surface area contributed by atoms with Crippen molar-refractivity contribution in [2.75, 3.05) is 19.6 Å². The monoisotopic (exact) mass is 524 g/mol. The van der Waals surface area contributed by atoms with Crippen LogP contribution in [0.3, 0.4) is 0 Å². The van der Waals surface area contributed by atoms with Crippen LogP contribution in [0.1, 0.15) is 31.4 Å². The number of aliphatic imine (C=N–C) groups is 2. The molecule has 15 N–H and O–H groups in total. The lowest BCUT2D eigenvalue weighted by molar-refractivity contribution is -0.142. The number of carbonyl (C=O) groups is 4. The minimum absolute atomic E-state index is 0.00380. The number of rotatable bonds is 17. The summed E-state index contributed by atoms with van der Waals surface area (Å²) in [4.78, 5) is 63.4. The maximum atomic E-state index is 12.9. The van der Waals surface area contributed by atoms with E-state index in [1.165, 1.54) is 12.5 Å². The number of H-pyrrole nitrogens is 1. The highest BCUT2D eigenvalue weighted by Gasteiger charge is 2.27. The Labute approximate surface area is 213 Å². The van der Waals surface area contributed by atoms with E-state index in [0.717, 1.165) is 0 Å². The van der Waals surface area contributed by atoms with Gasteiger partial charge in [-0.3, -0.25) is 24.4 Å². The summed E-state index contributed by atoms with van der Waals surface area (Å²) in [6.45, 7) is 0.0420. The number of carboxylic acids is 1. The minimum Gasteiger partial charge on any atom is -0.480 e. The second-order valence-electron chi connectivity index (χ2n) is 8.02. The predicted octanol–water partition coefficient (Wildman–Crippen LogP) is -4.44. The molecule has 206 valence electrons. The number of aromatic amines is 1. The Hall–Kier alpha value is -4.41. The molecule has 0 aliphatic heterocycles. The first-order valence-electron chi connectivity index (χ1n) is 11.4. The van der Waals surface area contributed by atoms with E-state index in [2.05, 4.69) is 35.9 Å². The standard InChI is InChI=1S/C20H36N12O5/c21-12(3-1-5-27-19(22)23)16(34)29-9-15(33)31-14(7-11-8-26-10-30-11)17(35)32-13(18(36)37)4-2-6-28-20(24)25/h8,10,12-14H,1-7,9,21H2,(H,26,30)(H,29,34)(H,31,33)(H,32,35)(H,36,37)(H4,22,23,27)(H4,24,25,28)/t12-,13-,14-/m0/s1. The van der Waals surface area contributed by atoms with Crippen molar-refractivity contribution in [1.82, 2.24) is 25.9 Å². The van der Waals surface area contributed by atoms with Gasteiger partial charge in [-0.1, -0.05) is 0 Å². The van der Waals surface area contributed by atoms with Gasteiger partial charge in [-0.2, -0.15) is 0 Å². The van der Waals surface area contributed by atoms with Crippen LogP contribution < -0.4 is 44.6 Å². The quantitative estimate of drug-likeness (QED) is 0.0526. The van der Waals surface area contributed by atoms with Crippen molar-refractivity contribution in [3.63, 3.8) is 0 Å². The summed E-state index contributed by atoms with van der Waals surface area (Å²) in [5, 5.41) is 16.8. The molecule has 37 heavy (non-hydrogen) atoms. The van der Waals surface area contributed by atoms with Crippen molar-refractivity contribution in [2.24, 2.45) is 38.7 Å². The van der Waals surface area contributed by atoms with Crippen LogP contribution in [0, 0.1) is 0 Å². The average molecular weight is 525 g/mol. The summed E-state index contributed by atoms with van der Waals surface area (Å²) in [7, 11) is 0. The van der Waals surface area contributed by atoms with Gasteiger partial charge >= 0.3 is 5.97 Å². The molecule has 0 unspecified atom stereocenters. The second-order valence-corrected chi connectivity index (χ2v) is 8.02. The Morgan fingerprint density at radius 2 is 1.57 bits per heavy atom. The zero-order chi connectivity index (χ0) is 27.8. The molecule has 3 amide bonds. The Bertz CT molecular complexity index is 942. The van der Waals surface area contributed by atoms with Gasteiger partial charge < -0.3 is 54.7 Å². The van der Waals surface area contributed by atoms with Crippen LogP contribution in [0.2, 0.25) is 0 Å². The van der Waals surface area contributed by atoms with Gasteiger partial charge in [-0.25, -0.2) is 9.78 Å². The largest absolute Gasteiger partial charge is 0.480 e. The fourth-order valence-corrected chi connectivity index (χ4v) is 3.05. The van der Waals surface area contributed by atoms with E-state index in [9.17, 15) is 24.3 Å². The number of aromatic nitrogens is 2. The van der Waals surface area contributed by atoms with Crippen LogP contribution in [0.5, 0.6) is 0 Å². The first-order valence-corrected chi connectivity index (χ1v) is 11.4. The molecular weight excluding hydrogens is 488 g/mol. The zero-order valence-electron chi connectivity index (χ0n) is 20.4. The van der Waals surface area contributed by atoms with Gasteiger partial charge in [0.2, 0.25) is 17.7 Å². The van der Waals surface area contributed by atoms with Crippen LogP contribution in [-0.4, -0.2) is 88.4 Å². The smallest absolute Gasteiger partial charge is 0.326 e. The number of nitrogens with two attached hydrogens (primary N) is 5. The third-order valence-electron chi connectivity index (χ3n) is 4.92. The molecule has 17 heteroatoms. The number of amides is 3. The van der Waals surface area contributed by atoms with Gasteiger partial charge in [0.25, 0.3) is 0 Å². The van der Waals surface area contributed by atoms with E-state index in [-0.39, 0.29) is 37.7 Å². The predicted molar refractivity (Wildman–Crippen MR) is 135 cm³/mol. The summed E-state index contributed by atoms with van der Waals surface area (Å²) < 4.78 is 0. The molecule has 1 aromatic rings. The van der Waals surface area contributed by atoms with E-state index in [4.69, 9.17) is 28.7 Å². The Morgan fingerprint density at radius 3 is 2.11 bits per heavy atom. The van der Waals surface area contributed by atoms with Crippen LogP contribution >= 0.6 is 0 Å². The number of hydrogen-bond donors (Lipinski definition) is 10. The highest BCUT2D eigenvalue weighted by Crippen LogP contribution is 2.03. The van der Waals surface area contributed by atoms with Crippen molar-refractivity contribution in [3.8, 4) is 0 Å². The van der Waals surface area contributed by atoms with Crippen LogP contribution in [0.15, 0.2) is 22.5 Å². The maximum Gasteiger partial charge on any atom is 0.326 e. The molecule has 1 aromatic heterocycles. The van der Waals surface area contributed by atoms with Gasteiger partial charge in [-0.05, 0) is 25.7 Å². The molecule has 0 bridgehead atoms. The third-order valence-corrected chi connectivity index (χ3v) is 4.92.